The molecule has 5 nitrogen and oxygen atoms in total. The zero-order chi connectivity index (χ0) is 18.5. The summed E-state index contributed by atoms with van der Waals surface area (Å²) >= 11 is 1.62. The minimum atomic E-state index is 0.382. The first-order valence-corrected chi connectivity index (χ1v) is 10.2. The second-order valence-electron chi connectivity index (χ2n) is 6.60. The molecular weight excluding hydrogens is 358 g/mol. The van der Waals surface area contributed by atoms with Crippen LogP contribution in [0.25, 0.3) is 11.3 Å². The van der Waals surface area contributed by atoms with Crippen LogP contribution in [0.5, 0.6) is 5.75 Å². The zero-order valence-corrected chi connectivity index (χ0v) is 16.2. The maximum absolute atomic E-state index is 5.55. The third kappa shape index (κ3) is 4.06. The van der Waals surface area contributed by atoms with E-state index in [9.17, 15) is 0 Å². The third-order valence-electron chi connectivity index (χ3n) is 4.78. The molecule has 0 radical (unpaired) electrons. The Bertz CT molecular complexity index is 963. The number of ether oxygens (including phenoxy) is 1. The van der Waals surface area contributed by atoms with Crippen molar-refractivity contribution < 1.29 is 9.15 Å². The normalized spacial score (nSPS) is 16.3. The van der Waals surface area contributed by atoms with Gasteiger partial charge in [0.2, 0.25) is 4.80 Å². The monoisotopic (exact) mass is 381 g/mol. The summed E-state index contributed by atoms with van der Waals surface area (Å²) in [5.74, 6) is 1.53. The van der Waals surface area contributed by atoms with E-state index in [1.165, 1.54) is 19.3 Å². The van der Waals surface area contributed by atoms with Crippen LogP contribution in [-0.2, 0) is 0 Å². The number of para-hydroxylation sites is 1. The highest BCUT2D eigenvalue weighted by Crippen LogP contribution is 2.30. The number of rotatable bonds is 5. The summed E-state index contributed by atoms with van der Waals surface area (Å²) in [6.45, 7) is 0. The van der Waals surface area contributed by atoms with Crippen LogP contribution in [0.3, 0.4) is 0 Å². The van der Waals surface area contributed by atoms with Gasteiger partial charge in [0.15, 0.2) is 0 Å². The van der Waals surface area contributed by atoms with Crippen molar-refractivity contribution in [1.82, 2.24) is 4.68 Å². The second kappa shape index (κ2) is 8.39. The highest BCUT2D eigenvalue weighted by Gasteiger charge is 2.15. The molecule has 0 unspecified atom stereocenters. The lowest BCUT2D eigenvalue weighted by molar-refractivity contribution is 0.416. The fourth-order valence-corrected chi connectivity index (χ4v) is 4.29. The fraction of sp³-hybridized carbons (Fsp3) is 0.333. The zero-order valence-electron chi connectivity index (χ0n) is 15.4. The van der Waals surface area contributed by atoms with Crippen molar-refractivity contribution in [1.29, 1.82) is 0 Å². The molecule has 0 atom stereocenters. The van der Waals surface area contributed by atoms with Gasteiger partial charge in [-0.2, -0.15) is 5.10 Å². The summed E-state index contributed by atoms with van der Waals surface area (Å²) < 4.78 is 12.9. The van der Waals surface area contributed by atoms with Crippen LogP contribution < -0.4 is 9.54 Å². The molecule has 1 aliphatic carbocycles. The summed E-state index contributed by atoms with van der Waals surface area (Å²) in [7, 11) is 1.69. The lowest BCUT2D eigenvalue weighted by atomic mass is 9.96. The van der Waals surface area contributed by atoms with Gasteiger partial charge in [0.05, 0.1) is 31.3 Å². The Morgan fingerprint density at radius 2 is 2.00 bits per heavy atom. The molecule has 1 aliphatic rings. The van der Waals surface area contributed by atoms with E-state index in [2.05, 4.69) is 10.5 Å². The van der Waals surface area contributed by atoms with E-state index in [0.717, 1.165) is 34.6 Å². The average Bonchev–Trinajstić information content (AvgIpc) is 3.37. The van der Waals surface area contributed by atoms with E-state index in [4.69, 9.17) is 14.1 Å². The van der Waals surface area contributed by atoms with Crippen molar-refractivity contribution in [2.45, 2.75) is 38.1 Å². The van der Waals surface area contributed by atoms with Crippen LogP contribution in [0, 0.1) is 0 Å². The van der Waals surface area contributed by atoms with Crippen LogP contribution >= 0.6 is 11.3 Å². The van der Waals surface area contributed by atoms with E-state index in [1.54, 1.807) is 30.9 Å². The molecule has 1 saturated carbocycles. The summed E-state index contributed by atoms with van der Waals surface area (Å²) in [5, 5.41) is 6.78. The summed E-state index contributed by atoms with van der Waals surface area (Å²) in [4.78, 5) is 5.92. The van der Waals surface area contributed by atoms with Crippen LogP contribution in [0.4, 0.5) is 0 Å². The molecule has 4 rings (SSSR count). The standard InChI is InChI=1S/C21H23N3O2S/c1-25-20-12-6-5-11-18(20)19-15-27-21(23-16-8-3-2-4-9-16)24(19)22-14-17-10-7-13-26-17/h5-7,10-16H,2-4,8-9H2,1H3. The molecule has 6 heteroatoms. The molecule has 0 saturated heterocycles. The molecular formula is C21H23N3O2S. The van der Waals surface area contributed by atoms with Gasteiger partial charge in [-0.25, -0.2) is 4.68 Å². The molecule has 2 aromatic heterocycles. The van der Waals surface area contributed by atoms with Crippen molar-refractivity contribution in [2.75, 3.05) is 7.11 Å². The van der Waals surface area contributed by atoms with Crippen molar-refractivity contribution in [3.8, 4) is 17.0 Å². The quantitative estimate of drug-likeness (QED) is 0.588. The van der Waals surface area contributed by atoms with Gasteiger partial charge in [-0.05, 0) is 37.1 Å². The minimum absolute atomic E-state index is 0.382. The van der Waals surface area contributed by atoms with Gasteiger partial charge < -0.3 is 9.15 Å². The summed E-state index contributed by atoms with van der Waals surface area (Å²) in [6, 6.07) is 12.1. The van der Waals surface area contributed by atoms with E-state index in [0.29, 0.717) is 11.8 Å². The number of benzene rings is 1. The first-order chi connectivity index (χ1) is 13.3. The molecule has 0 amide bonds. The van der Waals surface area contributed by atoms with Crippen LogP contribution in [-0.4, -0.2) is 24.0 Å². The molecule has 0 aliphatic heterocycles. The van der Waals surface area contributed by atoms with Gasteiger partial charge in [-0.1, -0.05) is 31.4 Å². The van der Waals surface area contributed by atoms with Crippen molar-refractivity contribution in [3.05, 3.63) is 58.6 Å². The number of hydrogen-bond donors (Lipinski definition) is 0. The summed E-state index contributed by atoms with van der Waals surface area (Å²) in [6.07, 6.45) is 9.52. The number of furan rings is 1. The first kappa shape index (κ1) is 17.8. The molecule has 140 valence electrons. The average molecular weight is 382 g/mol. The van der Waals surface area contributed by atoms with Crippen LogP contribution in [0.1, 0.15) is 37.9 Å². The lowest BCUT2D eigenvalue weighted by Crippen LogP contribution is -2.19. The fourth-order valence-electron chi connectivity index (χ4n) is 3.39. The van der Waals surface area contributed by atoms with Gasteiger partial charge in [0, 0.05) is 10.9 Å². The predicted molar refractivity (Wildman–Crippen MR) is 108 cm³/mol. The highest BCUT2D eigenvalue weighted by molar-refractivity contribution is 7.07. The topological polar surface area (TPSA) is 52.0 Å². The highest BCUT2D eigenvalue weighted by atomic mass is 32.1. The Morgan fingerprint density at radius 1 is 1.15 bits per heavy atom. The number of thiazole rings is 1. The number of hydrogen-bond acceptors (Lipinski definition) is 5. The minimum Gasteiger partial charge on any atom is -0.496 e. The molecule has 0 spiro atoms. The SMILES string of the molecule is COc1ccccc1-c1csc(=NC2CCCCC2)n1N=Cc1ccco1. The largest absolute Gasteiger partial charge is 0.496 e. The van der Waals surface area contributed by atoms with Crippen LogP contribution in [0.2, 0.25) is 0 Å². The Kier molecular flexibility index (Phi) is 5.53. The molecule has 0 N–H and O–H groups in total. The smallest absolute Gasteiger partial charge is 0.206 e. The van der Waals surface area contributed by atoms with E-state index in [-0.39, 0.29) is 0 Å². The third-order valence-corrected chi connectivity index (χ3v) is 5.61. The van der Waals surface area contributed by atoms with E-state index >= 15 is 0 Å². The van der Waals surface area contributed by atoms with Crippen molar-refractivity contribution in [3.63, 3.8) is 0 Å². The van der Waals surface area contributed by atoms with Gasteiger partial charge in [0.1, 0.15) is 11.5 Å². The van der Waals surface area contributed by atoms with Crippen LogP contribution in [0.15, 0.2) is 62.6 Å². The Morgan fingerprint density at radius 3 is 2.78 bits per heavy atom. The second-order valence-corrected chi connectivity index (χ2v) is 7.43. The van der Waals surface area contributed by atoms with Gasteiger partial charge in [-0.15, -0.1) is 11.3 Å². The van der Waals surface area contributed by atoms with Crippen molar-refractivity contribution >= 4 is 17.6 Å². The molecule has 3 aromatic rings. The van der Waals surface area contributed by atoms with Gasteiger partial charge >= 0.3 is 0 Å². The number of methoxy groups -OCH3 is 1. The van der Waals surface area contributed by atoms with Crippen molar-refractivity contribution in [2.24, 2.45) is 10.1 Å². The molecule has 27 heavy (non-hydrogen) atoms. The Hall–Kier alpha value is -2.60. The van der Waals surface area contributed by atoms with Gasteiger partial charge in [0.25, 0.3) is 0 Å². The number of aromatic nitrogens is 1. The molecule has 0 bridgehead atoms. The lowest BCUT2D eigenvalue weighted by Gasteiger charge is -2.16. The van der Waals surface area contributed by atoms with E-state index < -0.39 is 0 Å². The van der Waals surface area contributed by atoms with E-state index in [1.807, 2.05) is 41.1 Å². The Labute approximate surface area is 162 Å². The maximum atomic E-state index is 5.55. The maximum Gasteiger partial charge on any atom is 0.206 e. The molecule has 1 aromatic carbocycles. The molecule has 2 heterocycles. The predicted octanol–water partition coefficient (Wildman–Crippen LogP) is 4.93. The van der Waals surface area contributed by atoms with Gasteiger partial charge in [-0.3, -0.25) is 4.99 Å². The summed E-state index contributed by atoms with van der Waals surface area (Å²) in [5.41, 5.74) is 1.97. The number of nitrogens with zero attached hydrogens (tertiary/aromatic N) is 3. The first-order valence-electron chi connectivity index (χ1n) is 9.31. The molecule has 1 fully saturated rings. The Balaban J connectivity index is 1.80.